The van der Waals surface area contributed by atoms with E-state index in [1.165, 1.54) is 18.2 Å². The van der Waals surface area contributed by atoms with Crippen LogP contribution in [0, 0.1) is 5.82 Å². The summed E-state index contributed by atoms with van der Waals surface area (Å²) in [5.41, 5.74) is -2.42. The molecule has 0 aliphatic rings. The molecule has 0 aliphatic carbocycles. The van der Waals surface area contributed by atoms with Crippen LogP contribution in [0.2, 0.25) is 0 Å². The number of anilines is 1. The van der Waals surface area contributed by atoms with Crippen molar-refractivity contribution in [2.45, 2.75) is 11.1 Å². The summed E-state index contributed by atoms with van der Waals surface area (Å²) < 4.78 is 82.6. The maximum atomic E-state index is 13.3. The lowest BCUT2D eigenvalue weighted by atomic mass is 10.2. The number of halogens is 4. The molecule has 134 valence electrons. The zero-order valence-corrected chi connectivity index (χ0v) is 13.4. The van der Waals surface area contributed by atoms with Gasteiger partial charge in [0.05, 0.1) is 18.2 Å². The fraction of sp³-hybridized carbons (Fsp3) is 0.133. The second-order valence-electron chi connectivity index (χ2n) is 4.79. The molecular formula is C15H11F4NO4S. The first-order valence-corrected chi connectivity index (χ1v) is 8.11. The van der Waals surface area contributed by atoms with Crippen molar-refractivity contribution in [3.05, 3.63) is 59.4 Å². The molecule has 25 heavy (non-hydrogen) atoms. The van der Waals surface area contributed by atoms with Crippen molar-refractivity contribution in [3.8, 4) is 0 Å². The Kier molecular flexibility index (Phi) is 5.02. The number of hydrogen-bond donors (Lipinski definition) is 1. The number of sulfonamides is 1. The Bertz CT molecular complexity index is 910. The van der Waals surface area contributed by atoms with Gasteiger partial charge in [-0.1, -0.05) is 12.1 Å². The normalized spacial score (nSPS) is 11.9. The van der Waals surface area contributed by atoms with E-state index in [1.54, 1.807) is 0 Å². The molecule has 0 unspecified atom stereocenters. The minimum absolute atomic E-state index is 0.296. The molecule has 0 aromatic heterocycles. The Morgan fingerprint density at radius 1 is 1.12 bits per heavy atom. The monoisotopic (exact) mass is 377 g/mol. The molecule has 10 heteroatoms. The van der Waals surface area contributed by atoms with Crippen molar-refractivity contribution in [1.82, 2.24) is 0 Å². The molecule has 5 nitrogen and oxygen atoms in total. The zero-order valence-electron chi connectivity index (χ0n) is 12.6. The number of alkyl halides is 3. The van der Waals surface area contributed by atoms with E-state index in [2.05, 4.69) is 4.74 Å². The SMILES string of the molecule is COC(=O)c1ccccc1S(=O)(=O)Nc1ccc(F)c(C(F)(F)F)c1. The molecule has 0 atom stereocenters. The fourth-order valence-electron chi connectivity index (χ4n) is 2.00. The largest absolute Gasteiger partial charge is 0.465 e. The summed E-state index contributed by atoms with van der Waals surface area (Å²) in [6.07, 6.45) is -4.99. The van der Waals surface area contributed by atoms with E-state index in [-0.39, 0.29) is 5.56 Å². The smallest absolute Gasteiger partial charge is 0.419 e. The average Bonchev–Trinajstić information content (AvgIpc) is 2.54. The molecule has 2 aromatic rings. The first kappa shape index (κ1) is 18.7. The maximum Gasteiger partial charge on any atom is 0.419 e. The number of methoxy groups -OCH3 is 1. The molecule has 1 N–H and O–H groups in total. The molecule has 0 spiro atoms. The van der Waals surface area contributed by atoms with Gasteiger partial charge in [-0.25, -0.2) is 17.6 Å². The topological polar surface area (TPSA) is 72.5 Å². The van der Waals surface area contributed by atoms with Crippen LogP contribution in [0.15, 0.2) is 47.4 Å². The van der Waals surface area contributed by atoms with Crippen LogP contribution in [0.1, 0.15) is 15.9 Å². The average molecular weight is 377 g/mol. The summed E-state index contributed by atoms with van der Waals surface area (Å²) in [5, 5.41) is 0. The van der Waals surface area contributed by atoms with Crippen molar-refractivity contribution < 1.29 is 35.5 Å². The summed E-state index contributed by atoms with van der Waals surface area (Å²) in [6, 6.07) is 6.65. The van der Waals surface area contributed by atoms with Gasteiger partial charge in [0.25, 0.3) is 10.0 Å². The Balaban J connectivity index is 2.46. The fourth-order valence-corrected chi connectivity index (χ4v) is 3.24. The number of carbonyl (C=O) groups excluding carboxylic acids is 1. The van der Waals surface area contributed by atoms with E-state index in [0.717, 1.165) is 19.2 Å². The molecule has 0 heterocycles. The van der Waals surface area contributed by atoms with Crippen LogP contribution in [0.4, 0.5) is 23.2 Å². The molecule has 2 rings (SSSR count). The number of ether oxygens (including phenoxy) is 1. The van der Waals surface area contributed by atoms with E-state index in [1.807, 2.05) is 4.72 Å². The van der Waals surface area contributed by atoms with Crippen molar-refractivity contribution in [3.63, 3.8) is 0 Å². The van der Waals surface area contributed by atoms with Gasteiger partial charge in [-0.2, -0.15) is 13.2 Å². The van der Waals surface area contributed by atoms with Crippen LogP contribution < -0.4 is 4.72 Å². The van der Waals surface area contributed by atoms with E-state index in [0.29, 0.717) is 12.1 Å². The van der Waals surface area contributed by atoms with Crippen LogP contribution >= 0.6 is 0 Å². The van der Waals surface area contributed by atoms with Crippen molar-refractivity contribution in [2.75, 3.05) is 11.8 Å². The van der Waals surface area contributed by atoms with Gasteiger partial charge in [-0.05, 0) is 30.3 Å². The van der Waals surface area contributed by atoms with Crippen molar-refractivity contribution >= 4 is 21.7 Å². The number of esters is 1. The minimum atomic E-state index is -4.99. The lowest BCUT2D eigenvalue weighted by Crippen LogP contribution is -2.18. The van der Waals surface area contributed by atoms with Crippen LogP contribution in [-0.2, 0) is 20.9 Å². The third kappa shape index (κ3) is 4.08. The Hall–Kier alpha value is -2.62. The quantitative estimate of drug-likeness (QED) is 0.655. The second-order valence-corrected chi connectivity index (χ2v) is 6.44. The zero-order chi connectivity index (χ0) is 18.8. The highest BCUT2D eigenvalue weighted by atomic mass is 32.2. The number of hydrogen-bond acceptors (Lipinski definition) is 4. The molecule has 0 saturated carbocycles. The molecule has 0 saturated heterocycles. The van der Waals surface area contributed by atoms with Gasteiger partial charge in [-0.3, -0.25) is 4.72 Å². The summed E-state index contributed by atoms with van der Waals surface area (Å²) in [4.78, 5) is 11.2. The van der Waals surface area contributed by atoms with Gasteiger partial charge < -0.3 is 4.74 Å². The van der Waals surface area contributed by atoms with Crippen LogP contribution in [0.3, 0.4) is 0 Å². The highest BCUT2D eigenvalue weighted by molar-refractivity contribution is 7.92. The van der Waals surface area contributed by atoms with Crippen molar-refractivity contribution in [2.24, 2.45) is 0 Å². The molecule has 0 bridgehead atoms. The third-order valence-corrected chi connectivity index (χ3v) is 4.55. The minimum Gasteiger partial charge on any atom is -0.465 e. The van der Waals surface area contributed by atoms with Gasteiger partial charge in [-0.15, -0.1) is 0 Å². The van der Waals surface area contributed by atoms with E-state index >= 15 is 0 Å². The maximum absolute atomic E-state index is 13.3. The predicted molar refractivity (Wildman–Crippen MR) is 80.0 cm³/mol. The predicted octanol–water partition coefficient (Wildman–Crippen LogP) is 3.43. The van der Waals surface area contributed by atoms with Crippen LogP contribution in [0.25, 0.3) is 0 Å². The highest BCUT2D eigenvalue weighted by Crippen LogP contribution is 2.33. The first-order chi connectivity index (χ1) is 11.6. The Morgan fingerprint density at radius 2 is 1.76 bits per heavy atom. The number of rotatable bonds is 4. The standard InChI is InChI=1S/C15H11F4NO4S/c1-24-14(21)10-4-2-3-5-13(10)25(22,23)20-9-6-7-12(16)11(8-9)15(17,18)19/h2-8,20H,1H3. The molecule has 0 amide bonds. The van der Waals surface area contributed by atoms with E-state index < -0.39 is 44.1 Å². The van der Waals surface area contributed by atoms with Crippen molar-refractivity contribution in [1.29, 1.82) is 0 Å². The Labute approximate surface area is 140 Å². The lowest BCUT2D eigenvalue weighted by Gasteiger charge is -2.13. The summed E-state index contributed by atoms with van der Waals surface area (Å²) in [5.74, 6) is -2.47. The molecule has 0 fully saturated rings. The first-order valence-electron chi connectivity index (χ1n) is 6.63. The third-order valence-electron chi connectivity index (χ3n) is 3.11. The number of nitrogens with one attached hydrogen (secondary N) is 1. The summed E-state index contributed by atoms with van der Waals surface area (Å²) in [7, 11) is -3.36. The summed E-state index contributed by atoms with van der Waals surface area (Å²) in [6.45, 7) is 0. The van der Waals surface area contributed by atoms with Gasteiger partial charge in [0, 0.05) is 5.69 Å². The van der Waals surface area contributed by atoms with Gasteiger partial charge >= 0.3 is 12.1 Å². The van der Waals surface area contributed by atoms with Gasteiger partial charge in [0.15, 0.2) is 0 Å². The molecule has 0 aliphatic heterocycles. The lowest BCUT2D eigenvalue weighted by molar-refractivity contribution is -0.139. The van der Waals surface area contributed by atoms with Crippen LogP contribution in [-0.4, -0.2) is 21.5 Å². The van der Waals surface area contributed by atoms with Gasteiger partial charge in [0.1, 0.15) is 10.7 Å². The number of carbonyl (C=O) groups is 1. The highest BCUT2D eigenvalue weighted by Gasteiger charge is 2.34. The molecular weight excluding hydrogens is 366 g/mol. The molecule has 0 radical (unpaired) electrons. The van der Waals surface area contributed by atoms with Gasteiger partial charge in [0.2, 0.25) is 0 Å². The van der Waals surface area contributed by atoms with Crippen LogP contribution in [0.5, 0.6) is 0 Å². The number of benzene rings is 2. The van der Waals surface area contributed by atoms with E-state index in [9.17, 15) is 30.8 Å². The second kappa shape index (κ2) is 6.71. The van der Waals surface area contributed by atoms with E-state index in [4.69, 9.17) is 0 Å². The summed E-state index contributed by atoms with van der Waals surface area (Å²) >= 11 is 0. The Morgan fingerprint density at radius 3 is 2.36 bits per heavy atom. The molecule has 2 aromatic carbocycles.